The van der Waals surface area contributed by atoms with Crippen molar-refractivity contribution in [2.45, 2.75) is 33.1 Å². The predicted molar refractivity (Wildman–Crippen MR) is 126 cm³/mol. The van der Waals surface area contributed by atoms with Crippen molar-refractivity contribution >= 4 is 0 Å². The first kappa shape index (κ1) is 22.3. The van der Waals surface area contributed by atoms with E-state index in [1.165, 1.54) is 5.56 Å². The Hall–Kier alpha value is -3.94. The molecule has 172 valence electrons. The molecule has 0 aliphatic heterocycles. The number of aryl methyl sites for hydroxylation is 2. The van der Waals surface area contributed by atoms with E-state index in [0.717, 1.165) is 12.0 Å². The van der Waals surface area contributed by atoms with Gasteiger partial charge in [-0.1, -0.05) is 36.4 Å². The maximum atomic E-state index is 12.7. The predicted octanol–water partition coefficient (Wildman–Crippen LogP) is 3.54. The van der Waals surface area contributed by atoms with Crippen molar-refractivity contribution in [1.29, 1.82) is 0 Å². The second kappa shape index (κ2) is 9.68. The SMILES string of the molecule is CCOc1cc(C(c2c(C)[nH][nH]c2=O)c2c(C)[nH][nH]c2=O)ccc1OCCc1ccccc1. The van der Waals surface area contributed by atoms with E-state index in [1.54, 1.807) is 13.8 Å². The van der Waals surface area contributed by atoms with Crippen molar-refractivity contribution in [3.63, 3.8) is 0 Å². The number of benzene rings is 2. The van der Waals surface area contributed by atoms with Crippen LogP contribution in [0.3, 0.4) is 0 Å². The van der Waals surface area contributed by atoms with Gasteiger partial charge in [-0.15, -0.1) is 0 Å². The van der Waals surface area contributed by atoms with Crippen LogP contribution in [0, 0.1) is 13.8 Å². The minimum atomic E-state index is -0.576. The number of H-pyrrole nitrogens is 4. The first-order valence-electron chi connectivity index (χ1n) is 11.0. The molecule has 2 heterocycles. The molecule has 33 heavy (non-hydrogen) atoms. The van der Waals surface area contributed by atoms with Gasteiger partial charge < -0.3 is 19.7 Å². The molecule has 0 atom stereocenters. The normalized spacial score (nSPS) is 11.2. The van der Waals surface area contributed by atoms with Crippen LogP contribution < -0.4 is 20.6 Å². The molecular weight excluding hydrogens is 420 g/mol. The Bertz CT molecular complexity index is 1280. The van der Waals surface area contributed by atoms with E-state index in [4.69, 9.17) is 9.47 Å². The summed E-state index contributed by atoms with van der Waals surface area (Å²) in [5, 5.41) is 11.0. The molecule has 0 unspecified atom stereocenters. The lowest BCUT2D eigenvalue weighted by molar-refractivity contribution is 0.279. The van der Waals surface area contributed by atoms with E-state index < -0.39 is 5.92 Å². The van der Waals surface area contributed by atoms with Crippen LogP contribution in [0.25, 0.3) is 0 Å². The van der Waals surface area contributed by atoms with Gasteiger partial charge in [0, 0.05) is 23.7 Å². The highest BCUT2D eigenvalue weighted by Gasteiger charge is 2.29. The number of aromatic nitrogens is 4. The van der Waals surface area contributed by atoms with Crippen LogP contribution in [-0.4, -0.2) is 33.6 Å². The molecule has 2 aromatic carbocycles. The third-order valence-electron chi connectivity index (χ3n) is 5.69. The number of nitrogens with one attached hydrogen (secondary N) is 4. The molecule has 0 aliphatic carbocycles. The van der Waals surface area contributed by atoms with Crippen LogP contribution in [0.2, 0.25) is 0 Å². The molecule has 0 amide bonds. The van der Waals surface area contributed by atoms with Crippen LogP contribution in [0.4, 0.5) is 0 Å². The van der Waals surface area contributed by atoms with Crippen molar-refractivity contribution in [2.75, 3.05) is 13.2 Å². The average molecular weight is 449 g/mol. The Morgan fingerprint density at radius 2 is 1.42 bits per heavy atom. The monoisotopic (exact) mass is 448 g/mol. The molecule has 0 spiro atoms. The Labute approximate surface area is 191 Å². The molecule has 4 aromatic rings. The Morgan fingerprint density at radius 1 is 0.788 bits per heavy atom. The van der Waals surface area contributed by atoms with Crippen LogP contribution in [-0.2, 0) is 6.42 Å². The summed E-state index contributed by atoms with van der Waals surface area (Å²) >= 11 is 0. The number of hydrogen-bond acceptors (Lipinski definition) is 4. The molecule has 0 radical (unpaired) electrons. The van der Waals surface area contributed by atoms with Gasteiger partial charge in [-0.05, 0) is 44.0 Å². The highest BCUT2D eigenvalue weighted by atomic mass is 16.5. The second-order valence-electron chi connectivity index (χ2n) is 7.89. The largest absolute Gasteiger partial charge is 0.490 e. The van der Waals surface area contributed by atoms with Gasteiger partial charge in [0.15, 0.2) is 11.5 Å². The summed E-state index contributed by atoms with van der Waals surface area (Å²) in [6.45, 7) is 6.47. The Morgan fingerprint density at radius 3 is 1.97 bits per heavy atom. The van der Waals surface area contributed by atoms with E-state index >= 15 is 0 Å². The minimum absolute atomic E-state index is 0.265. The third kappa shape index (κ3) is 4.64. The molecule has 8 nitrogen and oxygen atoms in total. The zero-order valence-corrected chi connectivity index (χ0v) is 19.0. The van der Waals surface area contributed by atoms with Crippen molar-refractivity contribution in [2.24, 2.45) is 0 Å². The average Bonchev–Trinajstić information content (AvgIpc) is 3.32. The number of rotatable bonds is 9. The van der Waals surface area contributed by atoms with Crippen LogP contribution >= 0.6 is 0 Å². The van der Waals surface area contributed by atoms with E-state index in [2.05, 4.69) is 32.5 Å². The molecule has 0 fully saturated rings. The number of ether oxygens (including phenoxy) is 2. The van der Waals surface area contributed by atoms with Crippen molar-refractivity contribution in [3.05, 3.63) is 103 Å². The van der Waals surface area contributed by atoms with Gasteiger partial charge in [0.25, 0.3) is 11.1 Å². The highest BCUT2D eigenvalue weighted by molar-refractivity contribution is 5.51. The fourth-order valence-electron chi connectivity index (χ4n) is 4.10. The topological polar surface area (TPSA) is 116 Å². The molecule has 0 saturated heterocycles. The van der Waals surface area contributed by atoms with E-state index in [-0.39, 0.29) is 11.1 Å². The zero-order chi connectivity index (χ0) is 23.4. The lowest BCUT2D eigenvalue weighted by atomic mass is 9.85. The standard InChI is InChI=1S/C25H28N4O4/c1-4-32-20-14-18(10-11-19(20)33-13-12-17-8-6-5-7-9-17)23(21-15(2)26-28-24(21)30)22-16(3)27-29-25(22)31/h5-11,14,23H,4,12-13H2,1-3H3,(H2,26,28,30)(H2,27,29,31). The quantitative estimate of drug-likeness (QED) is 0.313. The van der Waals surface area contributed by atoms with Crippen LogP contribution in [0.1, 0.15) is 46.5 Å². The first-order valence-corrected chi connectivity index (χ1v) is 11.0. The lowest BCUT2D eigenvalue weighted by Gasteiger charge is -2.19. The first-order chi connectivity index (χ1) is 16.0. The van der Waals surface area contributed by atoms with Crippen LogP contribution in [0.15, 0.2) is 58.1 Å². The summed E-state index contributed by atoms with van der Waals surface area (Å²) in [5.41, 5.74) is 3.74. The Balaban J connectivity index is 1.71. The molecule has 0 aliphatic rings. The van der Waals surface area contributed by atoms with Gasteiger partial charge in [0.1, 0.15) is 0 Å². The zero-order valence-electron chi connectivity index (χ0n) is 19.0. The van der Waals surface area contributed by atoms with Gasteiger partial charge in [-0.2, -0.15) is 0 Å². The molecule has 0 bridgehead atoms. The molecule has 4 N–H and O–H groups in total. The number of hydrogen-bond donors (Lipinski definition) is 4. The summed E-state index contributed by atoms with van der Waals surface area (Å²) in [4.78, 5) is 25.3. The highest BCUT2D eigenvalue weighted by Crippen LogP contribution is 2.36. The maximum Gasteiger partial charge on any atom is 0.268 e. The van der Waals surface area contributed by atoms with Crippen molar-refractivity contribution in [3.8, 4) is 11.5 Å². The van der Waals surface area contributed by atoms with Crippen LogP contribution in [0.5, 0.6) is 11.5 Å². The summed E-state index contributed by atoms with van der Waals surface area (Å²) < 4.78 is 11.9. The van der Waals surface area contributed by atoms with Gasteiger partial charge in [0.05, 0.1) is 24.3 Å². The van der Waals surface area contributed by atoms with Gasteiger partial charge in [0.2, 0.25) is 0 Å². The number of aromatic amines is 4. The van der Waals surface area contributed by atoms with E-state index in [0.29, 0.717) is 47.2 Å². The smallest absolute Gasteiger partial charge is 0.268 e. The molecular formula is C25H28N4O4. The lowest BCUT2D eigenvalue weighted by Crippen LogP contribution is -2.20. The van der Waals surface area contributed by atoms with E-state index in [9.17, 15) is 9.59 Å². The third-order valence-corrected chi connectivity index (χ3v) is 5.69. The van der Waals surface area contributed by atoms with Gasteiger partial charge >= 0.3 is 0 Å². The van der Waals surface area contributed by atoms with Gasteiger partial charge in [-0.25, -0.2) is 0 Å². The minimum Gasteiger partial charge on any atom is -0.490 e. The molecule has 4 rings (SSSR count). The summed E-state index contributed by atoms with van der Waals surface area (Å²) in [5.74, 6) is 0.615. The summed E-state index contributed by atoms with van der Waals surface area (Å²) in [7, 11) is 0. The fraction of sp³-hybridized carbons (Fsp3) is 0.280. The fourth-order valence-corrected chi connectivity index (χ4v) is 4.10. The maximum absolute atomic E-state index is 12.7. The molecule has 2 aromatic heterocycles. The second-order valence-corrected chi connectivity index (χ2v) is 7.89. The Kier molecular flexibility index (Phi) is 6.53. The summed E-state index contributed by atoms with van der Waals surface area (Å²) in [6.07, 6.45) is 0.770. The van der Waals surface area contributed by atoms with Crippen molar-refractivity contribution < 1.29 is 9.47 Å². The molecule has 8 heteroatoms. The molecule has 0 saturated carbocycles. The van der Waals surface area contributed by atoms with E-state index in [1.807, 2.05) is 43.3 Å². The summed E-state index contributed by atoms with van der Waals surface area (Å²) in [6, 6.07) is 15.7. The van der Waals surface area contributed by atoms with Crippen molar-refractivity contribution in [1.82, 2.24) is 20.4 Å². The van der Waals surface area contributed by atoms with Gasteiger partial charge in [-0.3, -0.25) is 19.8 Å².